The van der Waals surface area contributed by atoms with Gasteiger partial charge in [-0.05, 0) is 41.8 Å². The van der Waals surface area contributed by atoms with E-state index in [0.717, 1.165) is 34.6 Å². The van der Waals surface area contributed by atoms with Crippen molar-refractivity contribution in [3.8, 4) is 17.0 Å². The molecule has 0 aliphatic heterocycles. The Morgan fingerprint density at radius 2 is 1.47 bits per heavy atom. The molecule has 0 unspecified atom stereocenters. The molecule has 1 aromatic heterocycles. The summed E-state index contributed by atoms with van der Waals surface area (Å²) < 4.78 is 19.8. The second kappa shape index (κ2) is 12.4. The third kappa shape index (κ3) is 7.11. The summed E-state index contributed by atoms with van der Waals surface area (Å²) in [5.41, 5.74) is 3.23. The van der Waals surface area contributed by atoms with Gasteiger partial charge >= 0.3 is 0 Å². The van der Waals surface area contributed by atoms with E-state index in [1.54, 1.807) is 0 Å². The Balaban J connectivity index is 1.63. The van der Waals surface area contributed by atoms with Crippen molar-refractivity contribution < 1.29 is 9.30 Å². The van der Waals surface area contributed by atoms with Crippen LogP contribution in [0, 0.1) is 0 Å². The van der Waals surface area contributed by atoms with E-state index in [1.165, 1.54) is 23.0 Å². The lowest BCUT2D eigenvalue weighted by molar-refractivity contribution is 0.317. The van der Waals surface area contributed by atoms with Crippen LogP contribution in [0.3, 0.4) is 0 Å². The van der Waals surface area contributed by atoms with Crippen LogP contribution in [0.25, 0.3) is 21.3 Å². The van der Waals surface area contributed by atoms with Crippen molar-refractivity contribution >= 4 is 57.0 Å². The number of hydrogen-bond acceptors (Lipinski definition) is 4. The summed E-state index contributed by atoms with van der Waals surface area (Å²) in [6.45, 7) is 2.75. The molecule has 0 amide bonds. The van der Waals surface area contributed by atoms with Gasteiger partial charge in [-0.1, -0.05) is 90.8 Å². The standard InChI is InChI=1S/C28H25Cl2N2O2PS/c1-2-17-34-24-15-13-23(14-16-24)27-20-36-28(31-27)32-35(33,18-25(29)21-9-5-3-6-10-21)19-26(30)22-11-7-4-8-12-22/h3-16,18-20H,2,17H2,1H3,(H,31,32,33). The highest BCUT2D eigenvalue weighted by atomic mass is 35.5. The Kier molecular flexibility index (Phi) is 9.06. The van der Waals surface area contributed by atoms with E-state index in [1.807, 2.05) is 90.3 Å². The van der Waals surface area contributed by atoms with Gasteiger partial charge in [0.05, 0.1) is 22.4 Å². The molecular formula is C28H25Cl2N2O2PS. The lowest BCUT2D eigenvalue weighted by Gasteiger charge is -2.14. The Morgan fingerprint density at radius 3 is 2.00 bits per heavy atom. The first kappa shape index (κ1) is 26.2. The monoisotopic (exact) mass is 554 g/mol. The minimum absolute atomic E-state index is 0.361. The maximum atomic E-state index is 14.2. The lowest BCUT2D eigenvalue weighted by atomic mass is 10.2. The van der Waals surface area contributed by atoms with Gasteiger partial charge in [0.1, 0.15) is 5.75 Å². The van der Waals surface area contributed by atoms with Crippen molar-refractivity contribution in [2.75, 3.05) is 11.7 Å². The molecular weight excluding hydrogens is 530 g/mol. The Labute approximate surface area is 225 Å². The van der Waals surface area contributed by atoms with Gasteiger partial charge in [0.25, 0.3) is 0 Å². The molecule has 1 heterocycles. The summed E-state index contributed by atoms with van der Waals surface area (Å²) in [5.74, 6) is 3.87. The first-order valence-corrected chi connectivity index (χ1v) is 14.9. The summed E-state index contributed by atoms with van der Waals surface area (Å²) in [4.78, 5) is 4.67. The first-order valence-electron chi connectivity index (χ1n) is 11.4. The third-order valence-electron chi connectivity index (χ3n) is 5.11. The van der Waals surface area contributed by atoms with Gasteiger partial charge in [0.2, 0.25) is 7.29 Å². The van der Waals surface area contributed by atoms with Crippen LogP contribution in [0.15, 0.2) is 102 Å². The molecule has 1 N–H and O–H groups in total. The van der Waals surface area contributed by atoms with Crippen LogP contribution in [0.5, 0.6) is 5.75 Å². The highest BCUT2D eigenvalue weighted by molar-refractivity contribution is 7.72. The van der Waals surface area contributed by atoms with Crippen LogP contribution in [-0.2, 0) is 4.57 Å². The van der Waals surface area contributed by atoms with E-state index in [4.69, 9.17) is 27.9 Å². The molecule has 4 nitrogen and oxygen atoms in total. The number of halogens is 2. The lowest BCUT2D eigenvalue weighted by Crippen LogP contribution is -1.95. The summed E-state index contributed by atoms with van der Waals surface area (Å²) in [5, 5.41) is 6.24. The Morgan fingerprint density at radius 1 is 0.917 bits per heavy atom. The molecule has 0 aliphatic carbocycles. The van der Waals surface area contributed by atoms with Crippen molar-refractivity contribution in [1.29, 1.82) is 0 Å². The predicted octanol–water partition coefficient (Wildman–Crippen LogP) is 9.76. The van der Waals surface area contributed by atoms with Crippen molar-refractivity contribution in [3.05, 3.63) is 113 Å². The minimum atomic E-state index is -3.39. The molecule has 4 rings (SSSR count). The molecule has 184 valence electrons. The van der Waals surface area contributed by atoms with Crippen LogP contribution in [0.1, 0.15) is 24.5 Å². The van der Waals surface area contributed by atoms with Crippen LogP contribution in [0.4, 0.5) is 5.13 Å². The molecule has 0 spiro atoms. The molecule has 0 bridgehead atoms. The smallest absolute Gasteiger partial charge is 0.217 e. The van der Waals surface area contributed by atoms with E-state index in [9.17, 15) is 4.57 Å². The first-order chi connectivity index (χ1) is 17.5. The SMILES string of the molecule is CCCOc1ccc(-c2csc(NP(=O)(C=C(Cl)c3ccccc3)C=C(Cl)c3ccccc3)n2)cc1. The largest absolute Gasteiger partial charge is 0.494 e. The van der Waals surface area contributed by atoms with E-state index in [2.05, 4.69) is 17.0 Å². The molecule has 0 aliphatic rings. The maximum Gasteiger partial charge on any atom is 0.217 e. The molecule has 4 aromatic rings. The zero-order valence-electron chi connectivity index (χ0n) is 19.6. The number of aromatic nitrogens is 1. The van der Waals surface area contributed by atoms with Gasteiger partial charge in [0.15, 0.2) is 5.13 Å². The predicted molar refractivity (Wildman–Crippen MR) is 155 cm³/mol. The Bertz CT molecular complexity index is 1330. The maximum absolute atomic E-state index is 14.2. The van der Waals surface area contributed by atoms with Crippen LogP contribution < -0.4 is 9.82 Å². The van der Waals surface area contributed by atoms with Crippen LogP contribution >= 0.6 is 41.8 Å². The minimum Gasteiger partial charge on any atom is -0.494 e. The quantitative estimate of drug-likeness (QED) is 0.198. The Hall–Kier alpha value is -2.82. The van der Waals surface area contributed by atoms with Crippen LogP contribution in [0.2, 0.25) is 0 Å². The number of anilines is 1. The average Bonchev–Trinajstić information content (AvgIpc) is 3.36. The molecule has 8 heteroatoms. The molecule has 0 saturated heterocycles. The summed E-state index contributed by atoms with van der Waals surface area (Å²) in [6.07, 6.45) is 0.953. The van der Waals surface area contributed by atoms with E-state index in [0.29, 0.717) is 21.8 Å². The topological polar surface area (TPSA) is 51.2 Å². The van der Waals surface area contributed by atoms with Gasteiger partial charge in [0, 0.05) is 22.6 Å². The highest BCUT2D eigenvalue weighted by Gasteiger charge is 2.21. The van der Waals surface area contributed by atoms with Gasteiger partial charge in [-0.2, -0.15) is 0 Å². The van der Waals surface area contributed by atoms with Gasteiger partial charge in [-0.25, -0.2) is 4.98 Å². The third-order valence-corrected chi connectivity index (χ3v) is 8.82. The number of nitrogens with zero attached hydrogens (tertiary/aromatic N) is 1. The summed E-state index contributed by atoms with van der Waals surface area (Å²) >= 11 is 14.5. The second-order valence-corrected chi connectivity index (χ2v) is 11.7. The molecule has 0 saturated carbocycles. The van der Waals surface area contributed by atoms with Crippen LogP contribution in [-0.4, -0.2) is 11.6 Å². The zero-order chi connectivity index (χ0) is 25.4. The fourth-order valence-corrected chi connectivity index (χ4v) is 7.18. The number of rotatable bonds is 10. The van der Waals surface area contributed by atoms with Gasteiger partial charge in [-0.3, -0.25) is 4.57 Å². The van der Waals surface area contributed by atoms with Crippen molar-refractivity contribution in [3.63, 3.8) is 0 Å². The molecule has 36 heavy (non-hydrogen) atoms. The highest BCUT2D eigenvalue weighted by Crippen LogP contribution is 2.54. The van der Waals surface area contributed by atoms with E-state index >= 15 is 0 Å². The average molecular weight is 555 g/mol. The van der Waals surface area contributed by atoms with Crippen molar-refractivity contribution in [2.24, 2.45) is 0 Å². The van der Waals surface area contributed by atoms with Gasteiger partial charge < -0.3 is 9.82 Å². The number of nitrogens with one attached hydrogen (secondary N) is 1. The molecule has 0 radical (unpaired) electrons. The molecule has 0 atom stereocenters. The fraction of sp³-hybridized carbons (Fsp3) is 0.107. The molecule has 3 aromatic carbocycles. The summed E-state index contributed by atoms with van der Waals surface area (Å²) in [7, 11) is -3.39. The van der Waals surface area contributed by atoms with E-state index in [-0.39, 0.29) is 0 Å². The number of thiazole rings is 1. The van der Waals surface area contributed by atoms with Gasteiger partial charge in [-0.15, -0.1) is 11.3 Å². The zero-order valence-corrected chi connectivity index (χ0v) is 22.8. The van der Waals surface area contributed by atoms with Crippen molar-refractivity contribution in [2.45, 2.75) is 13.3 Å². The van der Waals surface area contributed by atoms with Crippen molar-refractivity contribution in [1.82, 2.24) is 4.98 Å². The number of benzene rings is 3. The fourth-order valence-electron chi connectivity index (χ4n) is 3.33. The number of hydrogen-bond donors (Lipinski definition) is 1. The number of ether oxygens (including phenoxy) is 1. The molecule has 0 fully saturated rings. The summed E-state index contributed by atoms with van der Waals surface area (Å²) in [6, 6.07) is 26.5. The van der Waals surface area contributed by atoms with E-state index < -0.39 is 7.29 Å². The normalized spacial score (nSPS) is 13.8. The second-order valence-electron chi connectivity index (χ2n) is 7.92.